The second-order valence-electron chi connectivity index (χ2n) is 3.61. The molecule has 0 fully saturated rings. The predicted molar refractivity (Wildman–Crippen MR) is 59.7 cm³/mol. The summed E-state index contributed by atoms with van der Waals surface area (Å²) in [7, 11) is -0.668. The molecule has 0 saturated heterocycles. The Hall–Kier alpha value is 0.180. The van der Waals surface area contributed by atoms with E-state index in [9.17, 15) is 4.21 Å². The van der Waals surface area contributed by atoms with Gasteiger partial charge >= 0.3 is 0 Å². The summed E-state index contributed by atoms with van der Waals surface area (Å²) in [5.41, 5.74) is 1.41. The Labute approximate surface area is 88.0 Å². The minimum absolute atomic E-state index is 0.211. The highest BCUT2D eigenvalue weighted by Crippen LogP contribution is 2.22. The molecule has 2 atom stereocenters. The molecule has 0 amide bonds. The van der Waals surface area contributed by atoms with E-state index in [4.69, 9.17) is 11.6 Å². The number of hydrogen-bond donors (Lipinski definition) is 0. The van der Waals surface area contributed by atoms with E-state index in [1.165, 1.54) is 18.4 Å². The number of alkyl halides is 1. The molecule has 0 spiro atoms. The molecule has 0 heterocycles. The van der Waals surface area contributed by atoms with Crippen LogP contribution in [-0.4, -0.2) is 21.6 Å². The molecule has 1 nitrogen and oxygen atoms in total. The standard InChI is InChI=1S/C10H17ClOS/c1-13(12)7-6-9-4-2-3-5-10(11)8-9/h8,10H,2-7H2,1H3. The summed E-state index contributed by atoms with van der Waals surface area (Å²) in [6, 6.07) is 0. The van der Waals surface area contributed by atoms with Crippen molar-refractivity contribution in [3.8, 4) is 0 Å². The zero-order chi connectivity index (χ0) is 9.68. The topological polar surface area (TPSA) is 17.1 Å². The van der Waals surface area contributed by atoms with E-state index < -0.39 is 10.8 Å². The monoisotopic (exact) mass is 220 g/mol. The fourth-order valence-corrected chi connectivity index (χ4v) is 2.48. The fraction of sp³-hybridized carbons (Fsp3) is 0.800. The Morgan fingerprint density at radius 1 is 1.62 bits per heavy atom. The second kappa shape index (κ2) is 5.82. The molecule has 0 N–H and O–H groups in total. The van der Waals surface area contributed by atoms with Crippen LogP contribution >= 0.6 is 11.6 Å². The third-order valence-corrected chi connectivity index (χ3v) is 3.48. The summed E-state index contributed by atoms with van der Waals surface area (Å²) in [5, 5.41) is 0.211. The lowest BCUT2D eigenvalue weighted by atomic mass is 10.1. The highest BCUT2D eigenvalue weighted by molar-refractivity contribution is 7.84. The molecule has 0 aliphatic heterocycles. The van der Waals surface area contributed by atoms with E-state index in [-0.39, 0.29) is 5.38 Å². The van der Waals surface area contributed by atoms with Gasteiger partial charge in [-0.25, -0.2) is 0 Å². The molecule has 0 aromatic heterocycles. The number of allylic oxidation sites excluding steroid dienone is 2. The second-order valence-corrected chi connectivity index (χ2v) is 5.73. The SMILES string of the molecule is CS(=O)CCC1=CC(Cl)CCCC1. The normalized spacial score (nSPS) is 26.3. The number of rotatable bonds is 3. The minimum Gasteiger partial charge on any atom is -0.260 e. The molecule has 1 aliphatic rings. The van der Waals surface area contributed by atoms with E-state index >= 15 is 0 Å². The molecule has 1 aliphatic carbocycles. The molecule has 76 valence electrons. The summed E-state index contributed by atoms with van der Waals surface area (Å²) in [6.45, 7) is 0. The first-order valence-corrected chi connectivity index (χ1v) is 6.98. The maximum atomic E-state index is 10.9. The van der Waals surface area contributed by atoms with Gasteiger partial charge in [-0.15, -0.1) is 11.6 Å². The Bertz CT molecular complexity index is 213. The third kappa shape index (κ3) is 4.82. The van der Waals surface area contributed by atoms with Crippen LogP contribution in [0.2, 0.25) is 0 Å². The van der Waals surface area contributed by atoms with Crippen LogP contribution in [-0.2, 0) is 10.8 Å². The van der Waals surface area contributed by atoms with Gasteiger partial charge in [-0.05, 0) is 25.7 Å². The maximum Gasteiger partial charge on any atom is 0.0518 e. The first-order chi connectivity index (χ1) is 6.18. The lowest BCUT2D eigenvalue weighted by molar-refractivity contribution is 0.683. The van der Waals surface area contributed by atoms with Crippen LogP contribution in [0.15, 0.2) is 11.6 Å². The van der Waals surface area contributed by atoms with Gasteiger partial charge in [-0.1, -0.05) is 18.1 Å². The van der Waals surface area contributed by atoms with Crippen LogP contribution in [0.5, 0.6) is 0 Å². The van der Waals surface area contributed by atoms with Crippen molar-refractivity contribution in [2.45, 2.75) is 37.5 Å². The van der Waals surface area contributed by atoms with Crippen molar-refractivity contribution in [2.75, 3.05) is 12.0 Å². The zero-order valence-electron chi connectivity index (χ0n) is 8.09. The van der Waals surface area contributed by atoms with E-state index in [2.05, 4.69) is 6.08 Å². The minimum atomic E-state index is -0.668. The fourth-order valence-electron chi connectivity index (χ4n) is 1.60. The van der Waals surface area contributed by atoms with E-state index in [1.807, 2.05) is 0 Å². The van der Waals surface area contributed by atoms with Gasteiger partial charge in [0, 0.05) is 22.8 Å². The average Bonchev–Trinajstić information content (AvgIpc) is 2.26. The van der Waals surface area contributed by atoms with Gasteiger partial charge in [0.05, 0.1) is 5.38 Å². The van der Waals surface area contributed by atoms with Gasteiger partial charge in [-0.2, -0.15) is 0 Å². The average molecular weight is 221 g/mol. The number of halogens is 1. The lowest BCUT2D eigenvalue weighted by Gasteiger charge is -2.03. The van der Waals surface area contributed by atoms with Crippen molar-refractivity contribution in [2.24, 2.45) is 0 Å². The Kier molecular flexibility index (Phi) is 5.04. The quantitative estimate of drug-likeness (QED) is 0.528. The van der Waals surface area contributed by atoms with Crippen molar-refractivity contribution < 1.29 is 4.21 Å². The zero-order valence-corrected chi connectivity index (χ0v) is 9.66. The number of hydrogen-bond acceptors (Lipinski definition) is 1. The molecule has 13 heavy (non-hydrogen) atoms. The van der Waals surface area contributed by atoms with E-state index in [0.29, 0.717) is 0 Å². The molecule has 3 heteroatoms. The Morgan fingerprint density at radius 2 is 2.38 bits per heavy atom. The first kappa shape index (κ1) is 11.3. The molecule has 0 aromatic rings. The van der Waals surface area contributed by atoms with Crippen LogP contribution in [0, 0.1) is 0 Å². The van der Waals surface area contributed by atoms with Crippen molar-refractivity contribution in [3.63, 3.8) is 0 Å². The summed E-state index contributed by atoms with van der Waals surface area (Å²) in [4.78, 5) is 0. The largest absolute Gasteiger partial charge is 0.260 e. The Balaban J connectivity index is 2.41. The van der Waals surface area contributed by atoms with Gasteiger partial charge < -0.3 is 0 Å². The third-order valence-electron chi connectivity index (χ3n) is 2.35. The van der Waals surface area contributed by atoms with Crippen molar-refractivity contribution in [1.82, 2.24) is 0 Å². The van der Waals surface area contributed by atoms with Crippen LogP contribution in [0.4, 0.5) is 0 Å². The van der Waals surface area contributed by atoms with Crippen molar-refractivity contribution in [1.29, 1.82) is 0 Å². The van der Waals surface area contributed by atoms with E-state index in [1.54, 1.807) is 6.26 Å². The van der Waals surface area contributed by atoms with Crippen molar-refractivity contribution >= 4 is 22.4 Å². The summed E-state index contributed by atoms with van der Waals surface area (Å²) >= 11 is 6.08. The van der Waals surface area contributed by atoms with E-state index in [0.717, 1.165) is 25.0 Å². The van der Waals surface area contributed by atoms with Gasteiger partial charge in [0.1, 0.15) is 0 Å². The van der Waals surface area contributed by atoms with Crippen molar-refractivity contribution in [3.05, 3.63) is 11.6 Å². The molecular weight excluding hydrogens is 204 g/mol. The van der Waals surface area contributed by atoms with Gasteiger partial charge in [-0.3, -0.25) is 4.21 Å². The molecule has 0 aromatic carbocycles. The smallest absolute Gasteiger partial charge is 0.0518 e. The van der Waals surface area contributed by atoms with Crippen LogP contribution in [0.1, 0.15) is 32.1 Å². The molecule has 0 saturated carbocycles. The van der Waals surface area contributed by atoms with Gasteiger partial charge in [0.15, 0.2) is 0 Å². The predicted octanol–water partition coefficient (Wildman–Crippen LogP) is 2.86. The van der Waals surface area contributed by atoms with Crippen LogP contribution < -0.4 is 0 Å². The summed E-state index contributed by atoms with van der Waals surface area (Å²) < 4.78 is 10.9. The molecule has 1 rings (SSSR count). The maximum absolute atomic E-state index is 10.9. The highest BCUT2D eigenvalue weighted by Gasteiger charge is 2.09. The first-order valence-electron chi connectivity index (χ1n) is 4.82. The molecule has 0 radical (unpaired) electrons. The molecule has 0 bridgehead atoms. The van der Waals surface area contributed by atoms with Crippen LogP contribution in [0.25, 0.3) is 0 Å². The lowest BCUT2D eigenvalue weighted by Crippen LogP contribution is -1.97. The van der Waals surface area contributed by atoms with Gasteiger partial charge in [0.25, 0.3) is 0 Å². The molecule has 2 unspecified atom stereocenters. The van der Waals surface area contributed by atoms with Crippen LogP contribution in [0.3, 0.4) is 0 Å². The molecular formula is C10H17ClOS. The summed E-state index contributed by atoms with van der Waals surface area (Å²) in [5.74, 6) is 0.787. The summed E-state index contributed by atoms with van der Waals surface area (Å²) in [6.07, 6.45) is 9.61. The highest BCUT2D eigenvalue weighted by atomic mass is 35.5. The van der Waals surface area contributed by atoms with Gasteiger partial charge in [0.2, 0.25) is 0 Å². The Morgan fingerprint density at radius 3 is 3.08 bits per heavy atom.